The van der Waals surface area contributed by atoms with E-state index >= 15 is 0 Å². The Hall–Kier alpha value is -4.33. The molecular formula is C26H24F5N7O2. The molecule has 14 heteroatoms. The van der Waals surface area contributed by atoms with Crippen LogP contribution < -0.4 is 15.0 Å². The van der Waals surface area contributed by atoms with Crippen LogP contribution >= 0.6 is 0 Å². The molecule has 1 aliphatic rings. The summed E-state index contributed by atoms with van der Waals surface area (Å²) >= 11 is 0. The molecule has 0 aliphatic carbocycles. The summed E-state index contributed by atoms with van der Waals surface area (Å²) in [4.78, 5) is 14.8. The summed E-state index contributed by atoms with van der Waals surface area (Å²) in [6, 6.07) is 4.95. The number of pyridine rings is 1. The average Bonchev–Trinajstić information content (AvgIpc) is 3.35. The number of hydrogen-bond donors (Lipinski definition) is 2. The topological polar surface area (TPSA) is 101 Å². The van der Waals surface area contributed by atoms with E-state index in [2.05, 4.69) is 25.4 Å². The Morgan fingerprint density at radius 2 is 1.95 bits per heavy atom. The number of piperidine rings is 1. The van der Waals surface area contributed by atoms with E-state index in [4.69, 9.17) is 4.74 Å². The molecule has 1 aliphatic heterocycles. The lowest BCUT2D eigenvalue weighted by Gasteiger charge is -2.33. The zero-order valence-corrected chi connectivity index (χ0v) is 21.2. The van der Waals surface area contributed by atoms with Gasteiger partial charge in [0.15, 0.2) is 5.82 Å². The first-order chi connectivity index (χ1) is 19.1. The lowest BCUT2D eigenvalue weighted by atomic mass is 10.0. The third kappa shape index (κ3) is 6.11. The van der Waals surface area contributed by atoms with Crippen molar-refractivity contribution in [3.8, 4) is 28.3 Å². The van der Waals surface area contributed by atoms with Gasteiger partial charge in [0.25, 0.3) is 0 Å². The number of aliphatic hydroxyl groups excluding tert-OH is 1. The number of benzene rings is 1. The van der Waals surface area contributed by atoms with E-state index < -0.39 is 30.5 Å². The van der Waals surface area contributed by atoms with Crippen molar-refractivity contribution < 1.29 is 31.8 Å². The van der Waals surface area contributed by atoms with Crippen LogP contribution in [-0.4, -0.2) is 62.3 Å². The van der Waals surface area contributed by atoms with Crippen LogP contribution in [0.15, 0.2) is 49.1 Å². The second-order valence-electron chi connectivity index (χ2n) is 9.23. The molecule has 3 aromatic heterocycles. The maximum atomic E-state index is 14.6. The van der Waals surface area contributed by atoms with Gasteiger partial charge >= 0.3 is 6.18 Å². The molecule has 0 spiro atoms. The van der Waals surface area contributed by atoms with Gasteiger partial charge in [0.05, 0.1) is 30.7 Å². The Kier molecular flexibility index (Phi) is 7.52. The molecule has 1 fully saturated rings. The van der Waals surface area contributed by atoms with E-state index in [1.165, 1.54) is 38.0 Å². The number of ether oxygens (including phenoxy) is 1. The van der Waals surface area contributed by atoms with Crippen LogP contribution in [0, 0.1) is 11.6 Å². The Bertz CT molecular complexity index is 1510. The van der Waals surface area contributed by atoms with Crippen LogP contribution in [0.3, 0.4) is 0 Å². The largest absolute Gasteiger partial charge is 0.496 e. The van der Waals surface area contributed by atoms with Crippen molar-refractivity contribution >= 4 is 17.3 Å². The van der Waals surface area contributed by atoms with Crippen LogP contribution in [0.2, 0.25) is 0 Å². The van der Waals surface area contributed by atoms with Crippen molar-refractivity contribution in [3.05, 3.63) is 60.7 Å². The highest BCUT2D eigenvalue weighted by molar-refractivity contribution is 5.80. The molecule has 210 valence electrons. The Morgan fingerprint density at radius 1 is 1.12 bits per heavy atom. The first-order valence-corrected chi connectivity index (χ1v) is 12.3. The number of halogens is 5. The van der Waals surface area contributed by atoms with Crippen molar-refractivity contribution in [3.63, 3.8) is 0 Å². The van der Waals surface area contributed by atoms with Crippen molar-refractivity contribution in [1.29, 1.82) is 0 Å². The summed E-state index contributed by atoms with van der Waals surface area (Å²) in [5, 5.41) is 17.1. The van der Waals surface area contributed by atoms with Gasteiger partial charge in [0, 0.05) is 61.0 Å². The summed E-state index contributed by atoms with van der Waals surface area (Å²) in [5.41, 5.74) is 1.48. The van der Waals surface area contributed by atoms with Gasteiger partial charge in [-0.1, -0.05) is 0 Å². The molecule has 0 radical (unpaired) electrons. The fraction of sp³-hybridized carbons (Fsp3) is 0.308. The highest BCUT2D eigenvalue weighted by atomic mass is 19.4. The molecule has 1 aromatic carbocycles. The van der Waals surface area contributed by atoms with Gasteiger partial charge in [-0.15, -0.1) is 0 Å². The lowest BCUT2D eigenvalue weighted by Crippen LogP contribution is -2.38. The Morgan fingerprint density at radius 3 is 2.70 bits per heavy atom. The number of aromatic nitrogens is 5. The van der Waals surface area contributed by atoms with Crippen molar-refractivity contribution in [2.45, 2.75) is 31.7 Å². The number of rotatable bonds is 7. The summed E-state index contributed by atoms with van der Waals surface area (Å²) in [5.74, 6) is -1.25. The predicted molar refractivity (Wildman–Crippen MR) is 136 cm³/mol. The second kappa shape index (κ2) is 11.0. The molecular weight excluding hydrogens is 537 g/mol. The molecule has 1 atom stereocenters. The summed E-state index contributed by atoms with van der Waals surface area (Å²) in [6.07, 6.45) is 1.88. The lowest BCUT2D eigenvalue weighted by molar-refractivity contribution is -0.142. The average molecular weight is 562 g/mol. The maximum Gasteiger partial charge on any atom is 0.408 e. The Labute approximate surface area is 225 Å². The summed E-state index contributed by atoms with van der Waals surface area (Å²) < 4.78 is 72.8. The summed E-state index contributed by atoms with van der Waals surface area (Å²) in [7, 11) is 1.27. The zero-order valence-electron chi connectivity index (χ0n) is 21.2. The van der Waals surface area contributed by atoms with Crippen LogP contribution in [-0.2, 0) is 6.54 Å². The van der Waals surface area contributed by atoms with Crippen molar-refractivity contribution in [2.75, 3.05) is 30.4 Å². The van der Waals surface area contributed by atoms with E-state index in [9.17, 15) is 27.1 Å². The van der Waals surface area contributed by atoms with Crippen molar-refractivity contribution in [2.24, 2.45) is 0 Å². The monoisotopic (exact) mass is 561 g/mol. The molecule has 4 aromatic rings. The highest BCUT2D eigenvalue weighted by Crippen LogP contribution is 2.35. The predicted octanol–water partition coefficient (Wildman–Crippen LogP) is 4.96. The van der Waals surface area contributed by atoms with Gasteiger partial charge in [-0.3, -0.25) is 4.68 Å². The number of methoxy groups -OCH3 is 1. The van der Waals surface area contributed by atoms with Gasteiger partial charge in [-0.05, 0) is 18.9 Å². The summed E-state index contributed by atoms with van der Waals surface area (Å²) in [6.45, 7) is -0.284. The minimum absolute atomic E-state index is 0.0487. The third-order valence-electron chi connectivity index (χ3n) is 6.28. The smallest absolute Gasteiger partial charge is 0.408 e. The molecule has 40 heavy (non-hydrogen) atoms. The van der Waals surface area contributed by atoms with Gasteiger partial charge in [0.2, 0.25) is 0 Å². The van der Waals surface area contributed by atoms with Gasteiger partial charge in [-0.2, -0.15) is 18.3 Å². The molecule has 2 N–H and O–H groups in total. The van der Waals surface area contributed by atoms with Crippen LogP contribution in [0.25, 0.3) is 22.5 Å². The van der Waals surface area contributed by atoms with E-state index in [0.29, 0.717) is 48.2 Å². The molecule has 9 nitrogen and oxygen atoms in total. The molecule has 0 unspecified atom stereocenters. The molecule has 1 saturated heterocycles. The van der Waals surface area contributed by atoms with E-state index in [1.54, 1.807) is 6.07 Å². The highest BCUT2D eigenvalue weighted by Gasteiger charge is 2.29. The van der Waals surface area contributed by atoms with E-state index in [0.717, 1.165) is 17.2 Å². The van der Waals surface area contributed by atoms with Gasteiger partial charge < -0.3 is 20.1 Å². The fourth-order valence-electron chi connectivity index (χ4n) is 4.55. The standard InChI is InChI=1S/C26H24F5N7O2/c1-40-21-8-16(27)7-19(28)24(21)25-32-5-4-22(36-25)35-23-9-20(37-6-2-3-17(39)13-37)18(11-33-23)15-10-34-38(12-15)14-26(29,30)31/h4-5,7-12,17,39H,2-3,6,13-14H2,1H3,(H,32,33,35,36)/t17-/m0/s1. The second-order valence-corrected chi connectivity index (χ2v) is 9.23. The molecule has 0 saturated carbocycles. The van der Waals surface area contributed by atoms with Crippen LogP contribution in [0.5, 0.6) is 5.75 Å². The number of anilines is 3. The first kappa shape index (κ1) is 27.2. The number of hydrogen-bond acceptors (Lipinski definition) is 8. The first-order valence-electron chi connectivity index (χ1n) is 12.3. The number of β-amino-alcohol motifs (C(OH)–C–C–N with tert-alkyl or cyclic N) is 1. The van der Waals surface area contributed by atoms with Gasteiger partial charge in [-0.25, -0.2) is 23.7 Å². The number of nitrogens with one attached hydrogen (secondary N) is 1. The zero-order chi connectivity index (χ0) is 28.4. The quantitative estimate of drug-likeness (QED) is 0.306. The minimum Gasteiger partial charge on any atom is -0.496 e. The minimum atomic E-state index is -4.42. The number of alkyl halides is 3. The molecule has 4 heterocycles. The third-order valence-corrected chi connectivity index (χ3v) is 6.28. The number of aliphatic hydroxyl groups is 1. The van der Waals surface area contributed by atoms with Gasteiger partial charge in [0.1, 0.15) is 35.6 Å². The molecule has 0 bridgehead atoms. The van der Waals surface area contributed by atoms with E-state index in [1.807, 2.05) is 4.90 Å². The number of nitrogens with zero attached hydrogens (tertiary/aromatic N) is 6. The maximum absolute atomic E-state index is 14.6. The molecule has 0 amide bonds. The van der Waals surface area contributed by atoms with E-state index in [-0.39, 0.29) is 23.0 Å². The fourth-order valence-corrected chi connectivity index (χ4v) is 4.55. The normalized spacial score (nSPS) is 15.8. The van der Waals surface area contributed by atoms with Crippen LogP contribution in [0.1, 0.15) is 12.8 Å². The Balaban J connectivity index is 1.49. The SMILES string of the molecule is COc1cc(F)cc(F)c1-c1nccc(Nc2cc(N3CCC[C@H](O)C3)c(-c3cnn(CC(F)(F)F)c3)cn2)n1. The van der Waals surface area contributed by atoms with Crippen LogP contribution in [0.4, 0.5) is 39.3 Å². The molecule has 5 rings (SSSR count). The van der Waals surface area contributed by atoms with Crippen molar-refractivity contribution in [1.82, 2.24) is 24.7 Å².